The first-order valence-electron chi connectivity index (χ1n) is 7.10. The monoisotopic (exact) mass is 372 g/mol. The number of ether oxygens (including phenoxy) is 1. The van der Waals surface area contributed by atoms with Gasteiger partial charge in [-0.05, 0) is 22.9 Å². The van der Waals surface area contributed by atoms with Crippen molar-refractivity contribution in [2.45, 2.75) is 38.8 Å². The Balaban J connectivity index is 2.62. The van der Waals surface area contributed by atoms with Gasteiger partial charge in [-0.25, -0.2) is 0 Å². The van der Waals surface area contributed by atoms with Crippen LogP contribution in [-0.2, 0) is 4.74 Å². The molecule has 1 aromatic heterocycles. The van der Waals surface area contributed by atoms with Gasteiger partial charge in [-0.3, -0.25) is 9.59 Å². The highest BCUT2D eigenvalue weighted by atomic mass is 79.9. The van der Waals surface area contributed by atoms with Crippen LogP contribution in [0, 0.1) is 0 Å². The number of nitrogens with one attached hydrogen (secondary N) is 1. The first-order valence-corrected chi connectivity index (χ1v) is 11.5. The topological polar surface area (TPSA) is 60.3 Å². The molecular formula is C14H21BrN2O3Si. The van der Waals surface area contributed by atoms with Gasteiger partial charge < -0.3 is 14.6 Å². The number of hydrogen-bond acceptors (Lipinski definition) is 3. The molecule has 1 N–H and O–H groups in total. The number of fused-ring (bicyclic) bond motifs is 1. The average Bonchev–Trinajstić information content (AvgIpc) is 2.63. The Bertz CT molecular complexity index is 578. The zero-order chi connectivity index (χ0) is 15.8. The van der Waals surface area contributed by atoms with Crippen molar-refractivity contribution in [1.82, 2.24) is 9.88 Å². The maximum absolute atomic E-state index is 12.4. The van der Waals surface area contributed by atoms with E-state index in [1.807, 2.05) is 17.7 Å². The van der Waals surface area contributed by atoms with Gasteiger partial charge in [-0.15, -0.1) is 0 Å². The van der Waals surface area contributed by atoms with E-state index in [9.17, 15) is 9.59 Å². The van der Waals surface area contributed by atoms with Crippen LogP contribution in [0.5, 0.6) is 0 Å². The smallest absolute Gasteiger partial charge is 0.268 e. The minimum atomic E-state index is -1.73. The lowest BCUT2D eigenvalue weighted by Gasteiger charge is -2.31. The second kappa shape index (κ2) is 6.06. The molecule has 2 heterocycles. The Hall–Kier alpha value is -0.923. The van der Waals surface area contributed by atoms with Crippen LogP contribution >= 0.6 is 15.9 Å². The zero-order valence-corrected chi connectivity index (χ0v) is 15.4. The van der Waals surface area contributed by atoms with E-state index < -0.39 is 8.07 Å². The van der Waals surface area contributed by atoms with Crippen LogP contribution in [0.4, 0.5) is 0 Å². The van der Waals surface area contributed by atoms with Gasteiger partial charge in [-0.2, -0.15) is 0 Å². The van der Waals surface area contributed by atoms with Gasteiger partial charge in [0.25, 0.3) is 5.91 Å². The molecule has 0 bridgehead atoms. The number of carbonyl (C=O) groups is 2. The van der Waals surface area contributed by atoms with Crippen LogP contribution in [0.15, 0.2) is 10.7 Å². The summed E-state index contributed by atoms with van der Waals surface area (Å²) in [6.07, 6.45) is 2.14. The van der Waals surface area contributed by atoms with Gasteiger partial charge in [0.2, 0.25) is 0 Å². The Morgan fingerprint density at radius 2 is 2.10 bits per heavy atom. The molecule has 21 heavy (non-hydrogen) atoms. The fourth-order valence-corrected chi connectivity index (χ4v) is 4.91. The van der Waals surface area contributed by atoms with Gasteiger partial charge in [0, 0.05) is 30.2 Å². The molecule has 7 heteroatoms. The molecule has 1 atom stereocenters. The summed E-state index contributed by atoms with van der Waals surface area (Å²) in [5.41, 5.74) is 0.901. The molecule has 0 saturated heterocycles. The van der Waals surface area contributed by atoms with Gasteiger partial charge in [0.15, 0.2) is 5.78 Å². The molecule has 0 fully saturated rings. The first-order chi connectivity index (χ1) is 9.77. The van der Waals surface area contributed by atoms with Crippen LogP contribution in [0.1, 0.15) is 40.0 Å². The van der Waals surface area contributed by atoms with E-state index in [4.69, 9.17) is 4.74 Å². The molecule has 2 rings (SSSR count). The van der Waals surface area contributed by atoms with Crippen molar-refractivity contribution in [3.8, 4) is 0 Å². The first kappa shape index (κ1) is 16.4. The highest BCUT2D eigenvalue weighted by Crippen LogP contribution is 2.32. The average molecular weight is 373 g/mol. The van der Waals surface area contributed by atoms with E-state index in [2.05, 4.69) is 40.9 Å². The fourth-order valence-electron chi connectivity index (χ4n) is 2.58. The zero-order valence-electron chi connectivity index (χ0n) is 12.8. The number of amides is 1. The third-order valence-electron chi connectivity index (χ3n) is 3.44. The molecular weight excluding hydrogens is 352 g/mol. The number of aromatic nitrogens is 1. The molecule has 0 saturated carbocycles. The second-order valence-corrected chi connectivity index (χ2v) is 12.3. The van der Waals surface area contributed by atoms with Gasteiger partial charge in [0.05, 0.1) is 5.56 Å². The standard InChI is InChI=1S/C14H21BrN2O3Si/c1-5-20-14(21(2,3)4)17-8-9(15)11-10(18)6-7-16-13(19)12(11)17/h8,14H,5-7H2,1-4H3,(H,16,19). The van der Waals surface area contributed by atoms with Crippen molar-refractivity contribution in [2.24, 2.45) is 0 Å². The van der Waals surface area contributed by atoms with E-state index in [1.54, 1.807) is 0 Å². The largest absolute Gasteiger partial charge is 0.362 e. The number of halogens is 1. The van der Waals surface area contributed by atoms with Gasteiger partial charge in [0.1, 0.15) is 19.6 Å². The van der Waals surface area contributed by atoms with Crippen molar-refractivity contribution in [1.29, 1.82) is 0 Å². The predicted molar refractivity (Wildman–Crippen MR) is 87.4 cm³/mol. The van der Waals surface area contributed by atoms with Crippen LogP contribution < -0.4 is 5.32 Å². The number of ketones is 1. The highest BCUT2D eigenvalue weighted by Gasteiger charge is 2.36. The SMILES string of the molecule is CCOC(n1cc(Br)c2c1C(=O)NCCC2=O)[Si](C)(C)C. The third kappa shape index (κ3) is 3.14. The van der Waals surface area contributed by atoms with E-state index in [-0.39, 0.29) is 17.5 Å². The second-order valence-electron chi connectivity index (χ2n) is 6.21. The lowest BCUT2D eigenvalue weighted by molar-refractivity contribution is 0.0600. The maximum Gasteiger partial charge on any atom is 0.268 e. The molecule has 0 spiro atoms. The fraction of sp³-hybridized carbons (Fsp3) is 0.571. The third-order valence-corrected chi connectivity index (χ3v) is 5.96. The minimum Gasteiger partial charge on any atom is -0.362 e. The van der Waals surface area contributed by atoms with Crippen molar-refractivity contribution in [3.63, 3.8) is 0 Å². The number of nitrogens with zero attached hydrogens (tertiary/aromatic N) is 1. The Morgan fingerprint density at radius 1 is 1.43 bits per heavy atom. The lowest BCUT2D eigenvalue weighted by atomic mass is 10.1. The van der Waals surface area contributed by atoms with E-state index in [0.29, 0.717) is 35.3 Å². The summed E-state index contributed by atoms with van der Waals surface area (Å²) in [6, 6.07) is 0. The molecule has 0 radical (unpaired) electrons. The maximum atomic E-state index is 12.4. The molecule has 5 nitrogen and oxygen atoms in total. The Morgan fingerprint density at radius 3 is 2.67 bits per heavy atom. The van der Waals surface area contributed by atoms with Crippen LogP contribution in [0.2, 0.25) is 19.6 Å². The number of rotatable bonds is 4. The molecule has 1 unspecified atom stereocenters. The normalized spacial score (nSPS) is 17.2. The lowest BCUT2D eigenvalue weighted by Crippen LogP contribution is -2.39. The summed E-state index contributed by atoms with van der Waals surface area (Å²) < 4.78 is 8.42. The summed E-state index contributed by atoms with van der Waals surface area (Å²) in [5, 5.41) is 2.79. The number of carbonyl (C=O) groups excluding carboxylic acids is 2. The van der Waals surface area contributed by atoms with Crippen molar-refractivity contribution in [2.75, 3.05) is 13.2 Å². The van der Waals surface area contributed by atoms with E-state index in [0.717, 1.165) is 0 Å². The van der Waals surface area contributed by atoms with Crippen LogP contribution in [0.25, 0.3) is 0 Å². The minimum absolute atomic E-state index is 0.0141. The number of hydrogen-bond donors (Lipinski definition) is 1. The molecule has 1 aromatic rings. The van der Waals surface area contributed by atoms with E-state index in [1.165, 1.54) is 0 Å². The Labute approximate surface area is 134 Å². The molecule has 0 aromatic carbocycles. The number of Topliss-reactive ketones (excluding diaryl/α,β-unsaturated/α-hetero) is 1. The van der Waals surface area contributed by atoms with Crippen molar-refractivity contribution >= 4 is 35.7 Å². The molecule has 116 valence electrons. The Kier molecular flexibility index (Phi) is 4.75. The summed E-state index contributed by atoms with van der Waals surface area (Å²) in [5.74, 6) is -0.400. The molecule has 1 aliphatic heterocycles. The summed E-state index contributed by atoms with van der Waals surface area (Å²) >= 11 is 3.43. The predicted octanol–water partition coefficient (Wildman–Crippen LogP) is 2.98. The molecule has 1 aliphatic rings. The summed E-state index contributed by atoms with van der Waals surface area (Å²) in [4.78, 5) is 24.6. The van der Waals surface area contributed by atoms with Crippen molar-refractivity contribution in [3.05, 3.63) is 21.9 Å². The molecule has 0 aliphatic carbocycles. The van der Waals surface area contributed by atoms with Crippen molar-refractivity contribution < 1.29 is 14.3 Å². The quantitative estimate of drug-likeness (QED) is 0.826. The van der Waals surface area contributed by atoms with Gasteiger partial charge >= 0.3 is 0 Å². The van der Waals surface area contributed by atoms with Crippen LogP contribution in [-0.4, -0.2) is 37.5 Å². The van der Waals surface area contributed by atoms with E-state index >= 15 is 0 Å². The highest BCUT2D eigenvalue weighted by molar-refractivity contribution is 9.10. The summed E-state index contributed by atoms with van der Waals surface area (Å²) in [7, 11) is -1.73. The summed E-state index contributed by atoms with van der Waals surface area (Å²) in [6.45, 7) is 9.44. The van der Waals surface area contributed by atoms with Crippen LogP contribution in [0.3, 0.4) is 0 Å². The molecule has 1 amide bonds. The van der Waals surface area contributed by atoms with Gasteiger partial charge in [-0.1, -0.05) is 19.6 Å².